The number of aliphatic hydroxyl groups is 1. The maximum atomic E-state index is 12.9. The van der Waals surface area contributed by atoms with Crippen molar-refractivity contribution in [1.29, 1.82) is 0 Å². The lowest BCUT2D eigenvalue weighted by atomic mass is 9.54. The second-order valence-electron chi connectivity index (χ2n) is 9.18. The van der Waals surface area contributed by atoms with Crippen molar-refractivity contribution in [3.63, 3.8) is 0 Å². The molecule has 5 rings (SSSR count). The summed E-state index contributed by atoms with van der Waals surface area (Å²) >= 11 is 0. The molecule has 1 aromatic carbocycles. The van der Waals surface area contributed by atoms with Gasteiger partial charge in [0.15, 0.2) is 0 Å². The quantitative estimate of drug-likeness (QED) is 0.589. The maximum absolute atomic E-state index is 12.9. The van der Waals surface area contributed by atoms with E-state index in [1.807, 2.05) is 25.1 Å². The molecule has 0 saturated carbocycles. The maximum Gasteiger partial charge on any atom is 0.335 e. The van der Waals surface area contributed by atoms with Crippen molar-refractivity contribution in [2.24, 2.45) is 5.41 Å². The zero-order chi connectivity index (χ0) is 21.3. The van der Waals surface area contributed by atoms with Crippen LogP contribution in [0.5, 0.6) is 0 Å². The third kappa shape index (κ3) is 2.32. The van der Waals surface area contributed by atoms with Crippen LogP contribution in [-0.4, -0.2) is 53.6 Å². The van der Waals surface area contributed by atoms with Crippen LogP contribution in [0.25, 0.3) is 0 Å². The number of carbonyl (C=O) groups excluding carboxylic acids is 2. The van der Waals surface area contributed by atoms with Crippen LogP contribution in [0.1, 0.15) is 38.7 Å². The number of methoxy groups -OCH3 is 1. The topological polar surface area (TPSA) is 78.9 Å². The van der Waals surface area contributed by atoms with Crippen LogP contribution >= 0.6 is 0 Å². The van der Waals surface area contributed by atoms with E-state index in [1.165, 1.54) is 7.11 Å². The highest BCUT2D eigenvalue weighted by Crippen LogP contribution is 2.64. The van der Waals surface area contributed by atoms with Crippen LogP contribution in [0.2, 0.25) is 0 Å². The molecular formula is C24H28N2O4. The van der Waals surface area contributed by atoms with E-state index < -0.39 is 16.9 Å². The average molecular weight is 408 g/mol. The first-order valence-electron chi connectivity index (χ1n) is 10.7. The Bertz CT molecular complexity index is 997. The molecule has 1 aliphatic carbocycles. The summed E-state index contributed by atoms with van der Waals surface area (Å²) in [6.45, 7) is 4.24. The summed E-state index contributed by atoms with van der Waals surface area (Å²) in [6, 6.07) is 8.16. The molecule has 0 bridgehead atoms. The molecule has 1 spiro atoms. The molecule has 1 aromatic rings. The van der Waals surface area contributed by atoms with Crippen molar-refractivity contribution in [1.82, 2.24) is 4.90 Å². The second kappa shape index (κ2) is 6.53. The molecule has 3 heterocycles. The van der Waals surface area contributed by atoms with Gasteiger partial charge < -0.3 is 15.2 Å². The smallest absolute Gasteiger partial charge is 0.335 e. The van der Waals surface area contributed by atoms with E-state index in [2.05, 4.69) is 28.4 Å². The number of benzene rings is 1. The zero-order valence-corrected chi connectivity index (χ0v) is 17.6. The van der Waals surface area contributed by atoms with Crippen LogP contribution in [0.3, 0.4) is 0 Å². The van der Waals surface area contributed by atoms with E-state index >= 15 is 0 Å². The molecule has 4 aliphatic rings. The monoisotopic (exact) mass is 408 g/mol. The summed E-state index contributed by atoms with van der Waals surface area (Å²) in [5.74, 6) is -0.192. The SMILES string of the molecule is COC(=O)C1=C2Nc3ccccc3C23CCN2C(CC(C)=O)C=CC(C(C)O)(C1)C23. The van der Waals surface area contributed by atoms with Crippen LogP contribution < -0.4 is 5.32 Å². The lowest BCUT2D eigenvalue weighted by Crippen LogP contribution is -2.64. The average Bonchev–Trinajstić information content (AvgIpc) is 3.29. The highest BCUT2D eigenvalue weighted by atomic mass is 16.5. The number of para-hydroxylation sites is 1. The van der Waals surface area contributed by atoms with E-state index in [4.69, 9.17) is 4.74 Å². The molecule has 1 saturated heterocycles. The molecule has 6 nitrogen and oxygen atoms in total. The molecule has 2 N–H and O–H groups in total. The first-order valence-corrected chi connectivity index (χ1v) is 10.7. The molecule has 3 aliphatic heterocycles. The third-order valence-corrected chi connectivity index (χ3v) is 7.73. The summed E-state index contributed by atoms with van der Waals surface area (Å²) in [6.07, 6.45) is 5.17. The van der Waals surface area contributed by atoms with E-state index in [-0.39, 0.29) is 23.8 Å². The molecule has 5 unspecified atom stereocenters. The molecule has 30 heavy (non-hydrogen) atoms. The third-order valence-electron chi connectivity index (χ3n) is 7.73. The number of Topliss-reactive ketones (excluding diaryl/α,β-unsaturated/α-hetero) is 1. The Labute approximate surface area is 176 Å². The van der Waals surface area contributed by atoms with Crippen molar-refractivity contribution >= 4 is 17.4 Å². The van der Waals surface area contributed by atoms with Gasteiger partial charge in [-0.1, -0.05) is 30.4 Å². The minimum Gasteiger partial charge on any atom is -0.466 e. The molecule has 0 aromatic heterocycles. The van der Waals surface area contributed by atoms with Crippen molar-refractivity contribution < 1.29 is 19.4 Å². The van der Waals surface area contributed by atoms with E-state index in [1.54, 1.807) is 6.92 Å². The van der Waals surface area contributed by atoms with Crippen LogP contribution in [0.15, 0.2) is 47.7 Å². The predicted octanol–water partition coefficient (Wildman–Crippen LogP) is 2.54. The van der Waals surface area contributed by atoms with Gasteiger partial charge in [0.2, 0.25) is 0 Å². The zero-order valence-electron chi connectivity index (χ0n) is 17.6. The Morgan fingerprint density at radius 2 is 2.13 bits per heavy atom. The van der Waals surface area contributed by atoms with Gasteiger partial charge in [0.25, 0.3) is 0 Å². The molecule has 0 radical (unpaired) electrons. The van der Waals surface area contributed by atoms with E-state index in [0.29, 0.717) is 18.4 Å². The van der Waals surface area contributed by atoms with Crippen LogP contribution in [0, 0.1) is 5.41 Å². The Morgan fingerprint density at radius 1 is 1.37 bits per heavy atom. The van der Waals surface area contributed by atoms with Gasteiger partial charge in [0.1, 0.15) is 5.78 Å². The van der Waals surface area contributed by atoms with Crippen molar-refractivity contribution in [2.75, 3.05) is 19.0 Å². The lowest BCUT2D eigenvalue weighted by molar-refractivity contribution is -0.137. The largest absolute Gasteiger partial charge is 0.466 e. The fraction of sp³-hybridized carbons (Fsp3) is 0.500. The highest BCUT2D eigenvalue weighted by molar-refractivity contribution is 5.93. The minimum atomic E-state index is -0.663. The molecule has 5 atom stereocenters. The van der Waals surface area contributed by atoms with Crippen molar-refractivity contribution in [2.45, 2.75) is 56.7 Å². The second-order valence-corrected chi connectivity index (χ2v) is 9.18. The number of ketones is 1. The number of anilines is 1. The summed E-state index contributed by atoms with van der Waals surface area (Å²) in [7, 11) is 1.41. The van der Waals surface area contributed by atoms with Crippen LogP contribution in [0.4, 0.5) is 5.69 Å². The molecular weight excluding hydrogens is 380 g/mol. The van der Waals surface area contributed by atoms with E-state index in [0.717, 1.165) is 29.9 Å². The number of hydrogen-bond donors (Lipinski definition) is 2. The van der Waals surface area contributed by atoms with Crippen molar-refractivity contribution in [3.05, 3.63) is 53.3 Å². The van der Waals surface area contributed by atoms with Gasteiger partial charge in [0, 0.05) is 41.8 Å². The molecule has 158 valence electrons. The van der Waals surface area contributed by atoms with Crippen LogP contribution in [-0.2, 0) is 19.7 Å². The van der Waals surface area contributed by atoms with Gasteiger partial charge in [-0.2, -0.15) is 0 Å². The first-order chi connectivity index (χ1) is 14.3. The molecule has 0 amide bonds. The highest BCUT2D eigenvalue weighted by Gasteiger charge is 2.68. The summed E-state index contributed by atoms with van der Waals surface area (Å²) in [5.41, 5.74) is 2.63. The van der Waals surface area contributed by atoms with Gasteiger partial charge in [-0.15, -0.1) is 0 Å². The first kappa shape index (κ1) is 19.5. The predicted molar refractivity (Wildman–Crippen MR) is 113 cm³/mol. The van der Waals surface area contributed by atoms with Gasteiger partial charge in [0.05, 0.1) is 24.2 Å². The number of carbonyl (C=O) groups is 2. The number of nitrogens with one attached hydrogen (secondary N) is 1. The number of fused-ring (bicyclic) bond motifs is 1. The summed E-state index contributed by atoms with van der Waals surface area (Å²) < 4.78 is 5.18. The number of nitrogens with zero attached hydrogens (tertiary/aromatic N) is 1. The number of aliphatic hydroxyl groups excluding tert-OH is 1. The Hall–Kier alpha value is -2.44. The summed E-state index contributed by atoms with van der Waals surface area (Å²) in [5, 5.41) is 14.6. The van der Waals surface area contributed by atoms with Gasteiger partial charge in [-0.25, -0.2) is 4.79 Å². The standard InChI is InChI=1S/C24H28N2O4/c1-14(27)12-16-8-9-23(15(2)28)13-17(21(29)30-3)20-24(10-11-26(16)22(23)24)18-6-4-5-7-19(18)25-20/h4-9,15-16,22,25,28H,10-13H2,1-3H3. The number of hydrogen-bond acceptors (Lipinski definition) is 6. The minimum absolute atomic E-state index is 0.00689. The summed E-state index contributed by atoms with van der Waals surface area (Å²) in [4.78, 5) is 27.3. The Kier molecular flexibility index (Phi) is 4.25. The number of rotatable bonds is 4. The van der Waals surface area contributed by atoms with Crippen molar-refractivity contribution in [3.8, 4) is 0 Å². The lowest BCUT2D eigenvalue weighted by Gasteiger charge is -2.56. The Balaban J connectivity index is 1.79. The molecule has 6 heteroatoms. The van der Waals surface area contributed by atoms with E-state index in [9.17, 15) is 14.7 Å². The van der Waals surface area contributed by atoms with Gasteiger partial charge >= 0.3 is 5.97 Å². The van der Waals surface area contributed by atoms with Gasteiger partial charge in [-0.3, -0.25) is 9.69 Å². The Morgan fingerprint density at radius 3 is 2.83 bits per heavy atom. The normalized spacial score (nSPS) is 34.7. The number of ether oxygens (including phenoxy) is 1. The fourth-order valence-electron chi connectivity index (χ4n) is 6.56. The molecule has 1 fully saturated rings. The van der Waals surface area contributed by atoms with Gasteiger partial charge in [-0.05, 0) is 38.3 Å². The fourth-order valence-corrected chi connectivity index (χ4v) is 6.56. The number of esters is 1.